The van der Waals surface area contributed by atoms with Crippen molar-refractivity contribution >= 4 is 23.4 Å². The van der Waals surface area contributed by atoms with Gasteiger partial charge in [-0.25, -0.2) is 0 Å². The molecule has 1 aliphatic rings. The van der Waals surface area contributed by atoms with E-state index in [0.29, 0.717) is 13.0 Å². The van der Waals surface area contributed by atoms with Crippen LogP contribution in [0.4, 0.5) is 5.69 Å². The maximum Gasteiger partial charge on any atom is 0.228 e. The van der Waals surface area contributed by atoms with Gasteiger partial charge in [-0.05, 0) is 56.1 Å². The third-order valence-electron chi connectivity index (χ3n) is 5.18. The molecule has 0 aromatic heterocycles. The number of amides is 1. The van der Waals surface area contributed by atoms with Crippen LogP contribution in [0.5, 0.6) is 11.5 Å². The molecule has 29 heavy (non-hydrogen) atoms. The average Bonchev–Trinajstić information content (AvgIpc) is 2.91. The number of hydrogen-bond donors (Lipinski definition) is 1. The Morgan fingerprint density at radius 3 is 2.72 bits per heavy atom. The highest BCUT2D eigenvalue weighted by molar-refractivity contribution is 7.99. The highest BCUT2D eigenvalue weighted by Gasteiger charge is 2.26. The smallest absolute Gasteiger partial charge is 0.228 e. The average molecular weight is 415 g/mol. The number of nitrogens with zero attached hydrogens (tertiary/aromatic N) is 1. The predicted octanol–water partition coefficient (Wildman–Crippen LogP) is 4.14. The van der Waals surface area contributed by atoms with Crippen molar-refractivity contribution in [2.24, 2.45) is 0 Å². The van der Waals surface area contributed by atoms with Gasteiger partial charge in [-0.1, -0.05) is 18.2 Å². The fourth-order valence-corrected chi connectivity index (χ4v) is 4.74. The van der Waals surface area contributed by atoms with Gasteiger partial charge in [0.05, 0.1) is 19.9 Å². The van der Waals surface area contributed by atoms with Crippen molar-refractivity contribution in [3.05, 3.63) is 48.0 Å². The second kappa shape index (κ2) is 10.6. The molecule has 1 heterocycles. The molecule has 2 aromatic carbocycles. The van der Waals surface area contributed by atoms with Crippen LogP contribution in [-0.2, 0) is 11.2 Å². The van der Waals surface area contributed by atoms with Crippen LogP contribution in [-0.4, -0.2) is 45.0 Å². The van der Waals surface area contributed by atoms with E-state index < -0.39 is 0 Å². The number of carbonyl (C=O) groups is 1. The van der Waals surface area contributed by atoms with Crippen molar-refractivity contribution in [1.29, 1.82) is 0 Å². The molecule has 0 fully saturated rings. The molecule has 1 amide bonds. The molecule has 1 aliphatic heterocycles. The third-order valence-corrected chi connectivity index (χ3v) is 6.28. The van der Waals surface area contributed by atoms with Crippen LogP contribution in [0.15, 0.2) is 47.4 Å². The van der Waals surface area contributed by atoms with Crippen molar-refractivity contribution in [3.8, 4) is 11.5 Å². The molecule has 5 nitrogen and oxygen atoms in total. The van der Waals surface area contributed by atoms with E-state index >= 15 is 0 Å². The maximum atomic E-state index is 13.0. The van der Waals surface area contributed by atoms with Crippen molar-refractivity contribution in [3.63, 3.8) is 0 Å². The number of para-hydroxylation sites is 1. The van der Waals surface area contributed by atoms with Crippen LogP contribution in [0.25, 0.3) is 0 Å². The van der Waals surface area contributed by atoms with Gasteiger partial charge < -0.3 is 19.7 Å². The fraction of sp³-hybridized carbons (Fsp3) is 0.435. The van der Waals surface area contributed by atoms with Crippen molar-refractivity contribution in [1.82, 2.24) is 5.32 Å². The van der Waals surface area contributed by atoms with Gasteiger partial charge in [-0.2, -0.15) is 0 Å². The maximum absolute atomic E-state index is 13.0. The largest absolute Gasteiger partial charge is 0.493 e. The number of carbonyl (C=O) groups excluding carboxylic acids is 1. The van der Waals surface area contributed by atoms with Gasteiger partial charge in [0.1, 0.15) is 0 Å². The van der Waals surface area contributed by atoms with Crippen molar-refractivity contribution in [2.45, 2.75) is 37.1 Å². The zero-order valence-corrected chi connectivity index (χ0v) is 18.3. The molecule has 1 N–H and O–H groups in total. The van der Waals surface area contributed by atoms with E-state index in [9.17, 15) is 4.79 Å². The highest BCUT2D eigenvalue weighted by Crippen LogP contribution is 2.36. The first-order valence-electron chi connectivity index (χ1n) is 10.1. The van der Waals surface area contributed by atoms with Gasteiger partial charge >= 0.3 is 0 Å². The lowest BCUT2D eigenvalue weighted by atomic mass is 10.1. The van der Waals surface area contributed by atoms with E-state index in [1.54, 1.807) is 14.2 Å². The monoisotopic (exact) mass is 414 g/mol. The van der Waals surface area contributed by atoms with E-state index in [4.69, 9.17) is 9.47 Å². The first-order valence-corrected chi connectivity index (χ1v) is 11.1. The number of hydrogen-bond acceptors (Lipinski definition) is 5. The Bertz CT molecular complexity index is 828. The molecule has 1 atom stereocenters. The summed E-state index contributed by atoms with van der Waals surface area (Å²) in [6, 6.07) is 14.4. The molecule has 156 valence electrons. The van der Waals surface area contributed by atoms with Gasteiger partial charge in [0, 0.05) is 29.7 Å². The molecular formula is C23H30N2O3S. The molecular weight excluding hydrogens is 384 g/mol. The predicted molar refractivity (Wildman–Crippen MR) is 119 cm³/mol. The lowest BCUT2D eigenvalue weighted by molar-refractivity contribution is -0.119. The summed E-state index contributed by atoms with van der Waals surface area (Å²) in [5.74, 6) is 2.71. The van der Waals surface area contributed by atoms with Crippen LogP contribution in [0.3, 0.4) is 0 Å². The summed E-state index contributed by atoms with van der Waals surface area (Å²) in [6.45, 7) is 3.63. The second-order valence-electron chi connectivity index (χ2n) is 7.16. The third kappa shape index (κ3) is 5.46. The summed E-state index contributed by atoms with van der Waals surface area (Å²) < 4.78 is 10.6. The first-order chi connectivity index (χ1) is 14.1. The van der Waals surface area contributed by atoms with Crippen LogP contribution >= 0.6 is 11.8 Å². The molecule has 3 rings (SSSR count). The fourth-order valence-electron chi connectivity index (χ4n) is 3.57. The Morgan fingerprint density at radius 2 is 1.93 bits per heavy atom. The summed E-state index contributed by atoms with van der Waals surface area (Å²) in [6.07, 6.45) is 2.38. The Balaban J connectivity index is 1.50. The number of thioether (sulfide) groups is 1. The highest BCUT2D eigenvalue weighted by atomic mass is 32.2. The number of anilines is 1. The molecule has 6 heteroatoms. The zero-order chi connectivity index (χ0) is 20.6. The Hall–Kier alpha value is -2.18. The van der Waals surface area contributed by atoms with Crippen LogP contribution in [0.1, 0.15) is 25.3 Å². The van der Waals surface area contributed by atoms with Gasteiger partial charge in [0.15, 0.2) is 11.5 Å². The summed E-state index contributed by atoms with van der Waals surface area (Å²) >= 11 is 1.84. The normalized spacial score (nSPS) is 16.1. The zero-order valence-electron chi connectivity index (χ0n) is 17.4. The molecule has 0 saturated heterocycles. The summed E-state index contributed by atoms with van der Waals surface area (Å²) in [4.78, 5) is 16.1. The number of ether oxygens (including phenoxy) is 2. The van der Waals surface area contributed by atoms with Gasteiger partial charge in [-0.3, -0.25) is 4.79 Å². The minimum Gasteiger partial charge on any atom is -0.493 e. The standard InChI is InChI=1S/C23H30N2O3S/c1-17-12-15-29-22-7-5-4-6-19(22)25(17)23(26)11-14-24-13-10-18-8-9-20(27-2)21(16-18)28-3/h4-9,16-17,24H,10-15H2,1-3H3. The SMILES string of the molecule is COc1ccc(CCNCCC(=O)N2c3ccccc3SCCC2C)cc1OC. The molecule has 0 radical (unpaired) electrons. The van der Waals surface area contributed by atoms with E-state index in [0.717, 1.165) is 42.3 Å². The Labute approximate surface area is 177 Å². The molecule has 0 saturated carbocycles. The summed E-state index contributed by atoms with van der Waals surface area (Å²) in [5, 5.41) is 3.40. The van der Waals surface area contributed by atoms with Crippen LogP contribution < -0.4 is 19.7 Å². The first kappa shape index (κ1) is 21.5. The number of fused-ring (bicyclic) bond motifs is 1. The minimum atomic E-state index is 0.186. The molecule has 0 spiro atoms. The number of benzene rings is 2. The molecule has 0 bridgehead atoms. The number of methoxy groups -OCH3 is 2. The quantitative estimate of drug-likeness (QED) is 0.658. The Morgan fingerprint density at radius 1 is 1.14 bits per heavy atom. The molecule has 0 aliphatic carbocycles. The Kier molecular flexibility index (Phi) is 7.83. The van der Waals surface area contributed by atoms with Crippen LogP contribution in [0.2, 0.25) is 0 Å². The van der Waals surface area contributed by atoms with Crippen LogP contribution in [0, 0.1) is 0 Å². The number of nitrogens with one attached hydrogen (secondary N) is 1. The topological polar surface area (TPSA) is 50.8 Å². The van der Waals surface area contributed by atoms with Crippen molar-refractivity contribution in [2.75, 3.05) is 38.0 Å². The van der Waals surface area contributed by atoms with E-state index in [-0.39, 0.29) is 11.9 Å². The lowest BCUT2D eigenvalue weighted by Crippen LogP contribution is -2.40. The van der Waals surface area contributed by atoms with E-state index in [2.05, 4.69) is 24.4 Å². The molecule has 2 aromatic rings. The molecule has 1 unspecified atom stereocenters. The van der Waals surface area contributed by atoms with Gasteiger partial charge in [0.2, 0.25) is 5.91 Å². The number of rotatable bonds is 8. The van der Waals surface area contributed by atoms with Gasteiger partial charge in [0.25, 0.3) is 0 Å². The summed E-state index contributed by atoms with van der Waals surface area (Å²) in [7, 11) is 3.28. The van der Waals surface area contributed by atoms with E-state index in [1.165, 1.54) is 10.5 Å². The van der Waals surface area contributed by atoms with Gasteiger partial charge in [-0.15, -0.1) is 11.8 Å². The summed E-state index contributed by atoms with van der Waals surface area (Å²) in [5.41, 5.74) is 2.23. The minimum absolute atomic E-state index is 0.186. The van der Waals surface area contributed by atoms with E-state index in [1.807, 2.05) is 47.0 Å². The van der Waals surface area contributed by atoms with Crippen molar-refractivity contribution < 1.29 is 14.3 Å². The lowest BCUT2D eigenvalue weighted by Gasteiger charge is -2.28. The second-order valence-corrected chi connectivity index (χ2v) is 8.29.